The highest BCUT2D eigenvalue weighted by molar-refractivity contribution is 5.97. The summed E-state index contributed by atoms with van der Waals surface area (Å²) in [6, 6.07) is 9.04. The number of ketones is 1. The summed E-state index contributed by atoms with van der Waals surface area (Å²) in [5, 5.41) is 2.61. The molecule has 4 nitrogen and oxygen atoms in total. The summed E-state index contributed by atoms with van der Waals surface area (Å²) in [5.41, 5.74) is 0.123. The fourth-order valence-corrected chi connectivity index (χ4v) is 1.53. The van der Waals surface area contributed by atoms with Gasteiger partial charge in [0.1, 0.15) is 5.60 Å². The lowest BCUT2D eigenvalue weighted by Gasteiger charge is -2.20. The van der Waals surface area contributed by atoms with Crippen molar-refractivity contribution in [1.29, 1.82) is 0 Å². The first kappa shape index (κ1) is 15.2. The average molecular weight is 263 g/mol. The molecule has 0 aliphatic carbocycles. The Morgan fingerprint density at radius 1 is 1.21 bits per heavy atom. The van der Waals surface area contributed by atoms with Crippen molar-refractivity contribution >= 4 is 11.9 Å². The smallest absolute Gasteiger partial charge is 0.407 e. The molecule has 0 radical (unpaired) electrons. The van der Waals surface area contributed by atoms with Crippen LogP contribution in [0.4, 0.5) is 4.79 Å². The summed E-state index contributed by atoms with van der Waals surface area (Å²) >= 11 is 0. The molecule has 1 atom stereocenters. The van der Waals surface area contributed by atoms with Crippen molar-refractivity contribution in [2.45, 2.75) is 33.3 Å². The maximum atomic E-state index is 12.1. The molecule has 0 fully saturated rings. The molecule has 0 saturated heterocycles. The highest BCUT2D eigenvalue weighted by atomic mass is 16.6. The van der Waals surface area contributed by atoms with Crippen molar-refractivity contribution in [1.82, 2.24) is 5.32 Å². The Labute approximate surface area is 114 Å². The number of carbonyl (C=O) groups is 2. The number of hydrogen-bond donors (Lipinski definition) is 1. The van der Waals surface area contributed by atoms with Crippen LogP contribution in [0.5, 0.6) is 0 Å². The van der Waals surface area contributed by atoms with Gasteiger partial charge in [0.25, 0.3) is 0 Å². The molecule has 0 spiro atoms. The average Bonchev–Trinajstić information content (AvgIpc) is 2.34. The van der Waals surface area contributed by atoms with Crippen LogP contribution in [0.25, 0.3) is 0 Å². The number of benzene rings is 1. The molecule has 1 rings (SSSR count). The monoisotopic (exact) mass is 263 g/mol. The van der Waals surface area contributed by atoms with E-state index < -0.39 is 11.7 Å². The van der Waals surface area contributed by atoms with Crippen LogP contribution in [0, 0.1) is 5.92 Å². The van der Waals surface area contributed by atoms with Gasteiger partial charge < -0.3 is 10.1 Å². The lowest BCUT2D eigenvalue weighted by Crippen LogP contribution is -2.36. The second-order valence-corrected chi connectivity index (χ2v) is 5.51. The molecule has 0 saturated carbocycles. The van der Waals surface area contributed by atoms with E-state index >= 15 is 0 Å². The van der Waals surface area contributed by atoms with Gasteiger partial charge >= 0.3 is 6.09 Å². The Morgan fingerprint density at radius 3 is 2.32 bits per heavy atom. The minimum Gasteiger partial charge on any atom is -0.444 e. The highest BCUT2D eigenvalue weighted by Gasteiger charge is 2.19. The first-order valence-electron chi connectivity index (χ1n) is 6.36. The standard InChI is InChI=1S/C15H21NO3/c1-11(10-16-14(18)19-15(2,3)4)13(17)12-8-6-5-7-9-12/h5-9,11H,10H2,1-4H3,(H,16,18)/t11-/m1/s1. The van der Waals surface area contributed by atoms with Gasteiger partial charge in [0.15, 0.2) is 5.78 Å². The van der Waals surface area contributed by atoms with E-state index in [1.54, 1.807) is 39.8 Å². The number of Topliss-reactive ketones (excluding diaryl/α,β-unsaturated/α-hetero) is 1. The summed E-state index contributed by atoms with van der Waals surface area (Å²) in [5.74, 6) is -0.272. The number of amides is 1. The number of rotatable bonds is 4. The second-order valence-electron chi connectivity index (χ2n) is 5.51. The molecule has 1 amide bonds. The van der Waals surface area contributed by atoms with Crippen molar-refractivity contribution in [3.05, 3.63) is 35.9 Å². The van der Waals surface area contributed by atoms with Crippen LogP contribution in [0.15, 0.2) is 30.3 Å². The largest absolute Gasteiger partial charge is 0.444 e. The summed E-state index contributed by atoms with van der Waals surface area (Å²) in [6.07, 6.45) is -0.500. The van der Waals surface area contributed by atoms with E-state index in [1.807, 2.05) is 18.2 Å². The topological polar surface area (TPSA) is 55.4 Å². The molecule has 1 N–H and O–H groups in total. The minimum atomic E-state index is -0.531. The van der Waals surface area contributed by atoms with E-state index in [2.05, 4.69) is 5.32 Å². The van der Waals surface area contributed by atoms with Crippen molar-refractivity contribution in [2.24, 2.45) is 5.92 Å². The van der Waals surface area contributed by atoms with Gasteiger partial charge in [-0.25, -0.2) is 4.79 Å². The van der Waals surface area contributed by atoms with E-state index in [0.29, 0.717) is 5.56 Å². The molecule has 0 bridgehead atoms. The summed E-state index contributed by atoms with van der Waals surface area (Å²) in [4.78, 5) is 23.5. The molecule has 19 heavy (non-hydrogen) atoms. The predicted octanol–water partition coefficient (Wildman–Crippen LogP) is 3.03. The number of alkyl carbamates (subject to hydrolysis) is 1. The second kappa shape index (κ2) is 6.36. The van der Waals surface area contributed by atoms with Crippen molar-refractivity contribution < 1.29 is 14.3 Å². The normalized spacial score (nSPS) is 12.6. The van der Waals surface area contributed by atoms with Gasteiger partial charge in [0.2, 0.25) is 0 Å². The van der Waals surface area contributed by atoms with Gasteiger partial charge in [0.05, 0.1) is 0 Å². The maximum absolute atomic E-state index is 12.1. The van der Waals surface area contributed by atoms with Crippen LogP contribution < -0.4 is 5.32 Å². The van der Waals surface area contributed by atoms with Crippen molar-refractivity contribution in [3.63, 3.8) is 0 Å². The van der Waals surface area contributed by atoms with Gasteiger partial charge in [-0.05, 0) is 20.8 Å². The Morgan fingerprint density at radius 2 is 1.79 bits per heavy atom. The van der Waals surface area contributed by atoms with E-state index in [0.717, 1.165) is 0 Å². The maximum Gasteiger partial charge on any atom is 0.407 e. The predicted molar refractivity (Wildman–Crippen MR) is 74.2 cm³/mol. The van der Waals surface area contributed by atoms with E-state index in [1.165, 1.54) is 0 Å². The molecular formula is C15H21NO3. The zero-order valence-electron chi connectivity index (χ0n) is 11.9. The molecule has 0 heterocycles. The fourth-order valence-electron chi connectivity index (χ4n) is 1.53. The van der Waals surface area contributed by atoms with E-state index in [4.69, 9.17) is 4.74 Å². The van der Waals surface area contributed by atoms with Crippen LogP contribution in [0.2, 0.25) is 0 Å². The van der Waals surface area contributed by atoms with Gasteiger partial charge in [-0.3, -0.25) is 4.79 Å². The van der Waals surface area contributed by atoms with Crippen molar-refractivity contribution in [3.8, 4) is 0 Å². The summed E-state index contributed by atoms with van der Waals surface area (Å²) < 4.78 is 5.11. The number of carbonyl (C=O) groups excluding carboxylic acids is 2. The first-order chi connectivity index (χ1) is 8.79. The van der Waals surface area contributed by atoms with Crippen molar-refractivity contribution in [2.75, 3.05) is 6.54 Å². The van der Waals surface area contributed by atoms with Crippen LogP contribution in [0.1, 0.15) is 38.1 Å². The van der Waals surface area contributed by atoms with Gasteiger partial charge in [0, 0.05) is 18.0 Å². The molecule has 0 unspecified atom stereocenters. The molecule has 0 aliphatic heterocycles. The zero-order valence-corrected chi connectivity index (χ0v) is 11.9. The van der Waals surface area contributed by atoms with Crippen LogP contribution in [-0.2, 0) is 4.74 Å². The Kier molecular flexibility index (Phi) is 5.10. The Hall–Kier alpha value is -1.84. The zero-order chi connectivity index (χ0) is 14.5. The molecule has 1 aromatic carbocycles. The van der Waals surface area contributed by atoms with Crippen LogP contribution in [0.3, 0.4) is 0 Å². The third kappa shape index (κ3) is 5.55. The van der Waals surface area contributed by atoms with Crippen LogP contribution >= 0.6 is 0 Å². The van der Waals surface area contributed by atoms with Gasteiger partial charge in [-0.2, -0.15) is 0 Å². The number of hydrogen-bond acceptors (Lipinski definition) is 3. The fraction of sp³-hybridized carbons (Fsp3) is 0.467. The number of nitrogens with one attached hydrogen (secondary N) is 1. The highest BCUT2D eigenvalue weighted by Crippen LogP contribution is 2.09. The lowest BCUT2D eigenvalue weighted by atomic mass is 9.99. The third-order valence-corrected chi connectivity index (χ3v) is 2.46. The van der Waals surface area contributed by atoms with Gasteiger partial charge in [-0.1, -0.05) is 37.3 Å². The lowest BCUT2D eigenvalue weighted by molar-refractivity contribution is 0.0520. The van der Waals surface area contributed by atoms with E-state index in [-0.39, 0.29) is 18.2 Å². The molecule has 1 aromatic rings. The minimum absolute atomic E-state index is 0.0108. The first-order valence-corrected chi connectivity index (χ1v) is 6.36. The van der Waals surface area contributed by atoms with Gasteiger partial charge in [-0.15, -0.1) is 0 Å². The van der Waals surface area contributed by atoms with E-state index in [9.17, 15) is 9.59 Å². The molecule has 104 valence electrons. The third-order valence-electron chi connectivity index (χ3n) is 2.46. The molecular weight excluding hydrogens is 242 g/mol. The Balaban J connectivity index is 2.46. The Bertz CT molecular complexity index is 434. The number of ether oxygens (including phenoxy) is 1. The van der Waals surface area contributed by atoms with Crippen LogP contribution in [-0.4, -0.2) is 24.0 Å². The SMILES string of the molecule is C[C@H](CNC(=O)OC(C)(C)C)C(=O)c1ccccc1. The summed E-state index contributed by atoms with van der Waals surface area (Å²) in [6.45, 7) is 7.44. The summed E-state index contributed by atoms with van der Waals surface area (Å²) in [7, 11) is 0. The molecule has 0 aliphatic rings. The molecule has 0 aromatic heterocycles. The molecule has 4 heteroatoms. The quantitative estimate of drug-likeness (QED) is 0.849.